The van der Waals surface area contributed by atoms with Crippen molar-refractivity contribution in [3.63, 3.8) is 0 Å². The van der Waals surface area contributed by atoms with Crippen LogP contribution in [0.15, 0.2) is 24.3 Å². The number of unbranched alkanes of at least 4 members (excludes halogenated alkanes) is 1. The molecule has 2 rings (SSSR count). The molecular formula is C29H46N6O5. The van der Waals surface area contributed by atoms with E-state index < -0.39 is 29.9 Å². The average molecular weight is 559 g/mol. The number of benzene rings is 1. The lowest BCUT2D eigenvalue weighted by molar-refractivity contribution is -0.143. The molecular weight excluding hydrogens is 512 g/mol. The zero-order valence-electron chi connectivity index (χ0n) is 24.4. The molecule has 3 atom stereocenters. The number of carboxylic acids is 1. The van der Waals surface area contributed by atoms with Gasteiger partial charge in [-0.2, -0.15) is 0 Å². The standard InChI is InChI=1S/C29H46N6O5/c1-18(33-22-16-20(40-5)15-19-11-12-24(29(2,3)4)35-26(19)22)9-8-14-32-25(36)17-23(28(38)39)34-27(37)21(31)10-6-7-13-30/h11-12,15-16,18,21,23,33H,6-10,13-14,17,30-31H2,1-5H3,(H,32,36)(H,34,37)(H,38,39)/t18?,21-,23-/m0/s1. The van der Waals surface area contributed by atoms with Crippen molar-refractivity contribution in [2.45, 2.75) is 89.8 Å². The Hall–Kier alpha value is -3.44. The summed E-state index contributed by atoms with van der Waals surface area (Å²) in [5, 5.41) is 19.1. The van der Waals surface area contributed by atoms with Gasteiger partial charge < -0.3 is 37.3 Å². The van der Waals surface area contributed by atoms with Crippen molar-refractivity contribution in [3.8, 4) is 5.75 Å². The number of carboxylic acid groups (broad SMARTS) is 1. The summed E-state index contributed by atoms with van der Waals surface area (Å²) in [5.41, 5.74) is 13.9. The van der Waals surface area contributed by atoms with Crippen LogP contribution in [0.1, 0.15) is 71.9 Å². The van der Waals surface area contributed by atoms with E-state index in [4.69, 9.17) is 21.2 Å². The van der Waals surface area contributed by atoms with E-state index in [0.29, 0.717) is 32.4 Å². The summed E-state index contributed by atoms with van der Waals surface area (Å²) < 4.78 is 5.48. The highest BCUT2D eigenvalue weighted by molar-refractivity contribution is 5.92. The van der Waals surface area contributed by atoms with Gasteiger partial charge in [0.25, 0.3) is 0 Å². The quantitative estimate of drug-likeness (QED) is 0.169. The number of nitrogens with one attached hydrogen (secondary N) is 3. The lowest BCUT2D eigenvalue weighted by Crippen LogP contribution is -2.50. The molecule has 0 fully saturated rings. The van der Waals surface area contributed by atoms with E-state index in [9.17, 15) is 19.5 Å². The second kappa shape index (κ2) is 15.4. The summed E-state index contributed by atoms with van der Waals surface area (Å²) in [6.07, 6.45) is 2.83. The normalized spacial score (nSPS) is 13.8. The number of hydrogen-bond acceptors (Lipinski definition) is 8. The molecule has 11 nitrogen and oxygen atoms in total. The van der Waals surface area contributed by atoms with Crippen LogP contribution in [0.5, 0.6) is 5.75 Å². The molecule has 0 saturated carbocycles. The third kappa shape index (κ3) is 10.3. The molecule has 8 N–H and O–H groups in total. The largest absolute Gasteiger partial charge is 0.497 e. The van der Waals surface area contributed by atoms with E-state index in [1.807, 2.05) is 25.1 Å². The van der Waals surface area contributed by atoms with Crippen LogP contribution < -0.4 is 32.2 Å². The second-order valence-corrected chi connectivity index (χ2v) is 11.2. The number of nitrogens with two attached hydrogens (primary N) is 2. The van der Waals surface area contributed by atoms with Gasteiger partial charge in [-0.1, -0.05) is 33.3 Å². The van der Waals surface area contributed by atoms with Crippen LogP contribution in [0, 0.1) is 0 Å². The van der Waals surface area contributed by atoms with Gasteiger partial charge in [0.15, 0.2) is 0 Å². The highest BCUT2D eigenvalue weighted by Crippen LogP contribution is 2.31. The summed E-state index contributed by atoms with van der Waals surface area (Å²) in [5.74, 6) is -1.60. The van der Waals surface area contributed by atoms with Gasteiger partial charge >= 0.3 is 5.97 Å². The Morgan fingerprint density at radius 2 is 1.82 bits per heavy atom. The highest BCUT2D eigenvalue weighted by Gasteiger charge is 2.25. The van der Waals surface area contributed by atoms with Crippen LogP contribution in [-0.4, -0.2) is 66.2 Å². The van der Waals surface area contributed by atoms with Crippen molar-refractivity contribution < 1.29 is 24.2 Å². The Morgan fingerprint density at radius 1 is 1.10 bits per heavy atom. The van der Waals surface area contributed by atoms with Crippen molar-refractivity contribution in [1.29, 1.82) is 0 Å². The number of amides is 2. The minimum atomic E-state index is -1.35. The number of ether oxygens (including phenoxy) is 1. The first kappa shape index (κ1) is 32.8. The number of carbonyl (C=O) groups excluding carboxylic acids is 2. The molecule has 2 amide bonds. The zero-order chi connectivity index (χ0) is 29.9. The fourth-order valence-corrected chi connectivity index (χ4v) is 4.20. The van der Waals surface area contributed by atoms with Gasteiger partial charge in [0, 0.05) is 35.1 Å². The molecule has 0 spiro atoms. The summed E-state index contributed by atoms with van der Waals surface area (Å²) in [6.45, 7) is 9.29. The molecule has 1 unspecified atom stereocenters. The van der Waals surface area contributed by atoms with Crippen LogP contribution in [0.3, 0.4) is 0 Å². The van der Waals surface area contributed by atoms with E-state index >= 15 is 0 Å². The summed E-state index contributed by atoms with van der Waals surface area (Å²) in [4.78, 5) is 41.1. The Bertz CT molecular complexity index is 1150. The highest BCUT2D eigenvalue weighted by atomic mass is 16.5. The fourth-order valence-electron chi connectivity index (χ4n) is 4.20. The van der Waals surface area contributed by atoms with Crippen LogP contribution in [0.4, 0.5) is 5.69 Å². The number of aliphatic carboxylic acids is 1. The van der Waals surface area contributed by atoms with Gasteiger partial charge in [-0.3, -0.25) is 14.6 Å². The van der Waals surface area contributed by atoms with Crippen molar-refractivity contribution in [2.24, 2.45) is 11.5 Å². The third-order valence-corrected chi connectivity index (χ3v) is 6.62. The molecule has 0 aliphatic carbocycles. The molecule has 1 aromatic heterocycles. The maximum absolute atomic E-state index is 12.4. The second-order valence-electron chi connectivity index (χ2n) is 11.2. The lowest BCUT2D eigenvalue weighted by atomic mass is 9.91. The molecule has 11 heteroatoms. The molecule has 222 valence electrons. The van der Waals surface area contributed by atoms with Crippen molar-refractivity contribution >= 4 is 34.4 Å². The minimum Gasteiger partial charge on any atom is -0.497 e. The first-order valence-corrected chi connectivity index (χ1v) is 13.9. The van der Waals surface area contributed by atoms with Crippen LogP contribution in [0.25, 0.3) is 10.9 Å². The topological polar surface area (TPSA) is 182 Å². The molecule has 1 aromatic carbocycles. The Labute approximate surface area is 236 Å². The number of methoxy groups -OCH3 is 1. The lowest BCUT2D eigenvalue weighted by Gasteiger charge is -2.21. The van der Waals surface area contributed by atoms with Crippen molar-refractivity contribution in [2.75, 3.05) is 25.5 Å². The van der Waals surface area contributed by atoms with Crippen molar-refractivity contribution in [1.82, 2.24) is 15.6 Å². The maximum Gasteiger partial charge on any atom is 0.326 e. The molecule has 40 heavy (non-hydrogen) atoms. The number of fused-ring (bicyclic) bond motifs is 1. The van der Waals surface area contributed by atoms with E-state index in [-0.39, 0.29) is 17.9 Å². The van der Waals surface area contributed by atoms with Gasteiger partial charge in [0.2, 0.25) is 11.8 Å². The number of aromatic nitrogens is 1. The molecule has 0 aliphatic heterocycles. The van der Waals surface area contributed by atoms with Crippen LogP contribution in [-0.2, 0) is 19.8 Å². The predicted octanol–water partition coefficient (Wildman–Crippen LogP) is 2.65. The number of rotatable bonds is 16. The molecule has 2 aromatic rings. The van der Waals surface area contributed by atoms with Crippen LogP contribution in [0.2, 0.25) is 0 Å². The monoisotopic (exact) mass is 558 g/mol. The molecule has 1 heterocycles. The third-order valence-electron chi connectivity index (χ3n) is 6.62. The van der Waals surface area contributed by atoms with Gasteiger partial charge in [-0.15, -0.1) is 0 Å². The maximum atomic E-state index is 12.4. The molecule has 0 aliphatic rings. The fraction of sp³-hybridized carbons (Fsp3) is 0.586. The van der Waals surface area contributed by atoms with Gasteiger partial charge in [0.1, 0.15) is 11.8 Å². The Morgan fingerprint density at radius 3 is 2.45 bits per heavy atom. The summed E-state index contributed by atoms with van der Waals surface area (Å²) >= 11 is 0. The van der Waals surface area contributed by atoms with E-state index in [0.717, 1.165) is 40.9 Å². The minimum absolute atomic E-state index is 0.0686. The number of hydrogen-bond donors (Lipinski definition) is 6. The number of nitrogens with zero attached hydrogens (tertiary/aromatic N) is 1. The first-order valence-electron chi connectivity index (χ1n) is 13.9. The summed E-state index contributed by atoms with van der Waals surface area (Å²) in [7, 11) is 1.63. The first-order chi connectivity index (χ1) is 18.8. The van der Waals surface area contributed by atoms with E-state index in [1.165, 1.54) is 0 Å². The van der Waals surface area contributed by atoms with Crippen LogP contribution >= 0.6 is 0 Å². The zero-order valence-corrected chi connectivity index (χ0v) is 24.4. The van der Waals surface area contributed by atoms with E-state index in [2.05, 4.69) is 42.8 Å². The van der Waals surface area contributed by atoms with E-state index in [1.54, 1.807) is 7.11 Å². The van der Waals surface area contributed by atoms with Gasteiger partial charge in [-0.05, 0) is 51.3 Å². The molecule has 0 radical (unpaired) electrons. The smallest absolute Gasteiger partial charge is 0.326 e. The van der Waals surface area contributed by atoms with Gasteiger partial charge in [-0.25, -0.2) is 4.79 Å². The number of pyridine rings is 1. The van der Waals surface area contributed by atoms with Gasteiger partial charge in [0.05, 0.1) is 30.8 Å². The molecule has 0 bridgehead atoms. The number of carbonyl (C=O) groups is 3. The summed E-state index contributed by atoms with van der Waals surface area (Å²) in [6, 6.07) is 5.86. The average Bonchev–Trinajstić information content (AvgIpc) is 2.89. The number of anilines is 1. The molecule has 0 saturated heterocycles. The Balaban J connectivity index is 1.89. The van der Waals surface area contributed by atoms with Crippen molar-refractivity contribution in [3.05, 3.63) is 30.0 Å². The predicted molar refractivity (Wildman–Crippen MR) is 157 cm³/mol. The Kier molecular flexibility index (Phi) is 12.6. The SMILES string of the molecule is COc1cc(NC(C)CCCNC(=O)C[C@H](NC(=O)[C@@H](N)CCCCN)C(=O)O)c2nc(C(C)(C)C)ccc2c1.